The zero-order valence-corrected chi connectivity index (χ0v) is 12.9. The quantitative estimate of drug-likeness (QED) is 0.510. The Balaban J connectivity index is 2.79. The van der Waals surface area contributed by atoms with Crippen LogP contribution in [0.15, 0.2) is 0 Å². The monoisotopic (exact) mass is 320 g/mol. The van der Waals surface area contributed by atoms with Gasteiger partial charge in [-0.2, -0.15) is 0 Å². The van der Waals surface area contributed by atoms with Gasteiger partial charge in [0, 0.05) is 14.2 Å². The molecule has 1 saturated heterocycles. The second kappa shape index (κ2) is 7.88. The highest BCUT2D eigenvalue weighted by atomic mass is 18.1. The van der Waals surface area contributed by atoms with Gasteiger partial charge in [-0.3, -0.25) is 19.3 Å². The Morgan fingerprint density at radius 2 is 2.05 bits per heavy atom. The molecule has 8 heteroatoms. The molecule has 0 saturated carbocycles. The van der Waals surface area contributed by atoms with Crippen LogP contribution < -0.4 is 5.32 Å². The Hall–Kier alpha value is -1.96. The predicted molar refractivity (Wildman–Crippen MR) is 77.1 cm³/mol. The summed E-state index contributed by atoms with van der Waals surface area (Å²) in [6.07, 6.45) is 0.119. The van der Waals surface area contributed by atoms with Gasteiger partial charge in [-0.15, -0.1) is 5.06 Å². The maximum atomic E-state index is 12.3. The summed E-state index contributed by atoms with van der Waals surface area (Å²) >= 11 is 0. The molecule has 1 N–H and O–H groups in total. The van der Waals surface area contributed by atoms with Crippen LogP contribution in [0.5, 0.6) is 0 Å². The van der Waals surface area contributed by atoms with Gasteiger partial charge in [0.25, 0.3) is 11.8 Å². The van der Waals surface area contributed by atoms with Gasteiger partial charge in [0.2, 0.25) is 5.91 Å². The fourth-order valence-electron chi connectivity index (χ4n) is 1.89. The number of hydrogen-bond donors (Lipinski definition) is 1. The molecule has 22 heavy (non-hydrogen) atoms. The Morgan fingerprint density at radius 1 is 1.45 bits per heavy atom. The third-order valence-electron chi connectivity index (χ3n) is 3.00. The van der Waals surface area contributed by atoms with Crippen LogP contribution in [0.2, 0.25) is 0 Å². The summed E-state index contributed by atoms with van der Waals surface area (Å²) in [6, 6.07) is -0.810. The lowest BCUT2D eigenvalue weighted by Gasteiger charge is -2.24. The van der Waals surface area contributed by atoms with Crippen LogP contribution in [0.3, 0.4) is 0 Å². The molecule has 8 nitrogen and oxygen atoms in total. The molecule has 0 aromatic carbocycles. The van der Waals surface area contributed by atoms with Crippen molar-refractivity contribution in [1.82, 2.24) is 15.3 Å². The van der Waals surface area contributed by atoms with E-state index in [9.17, 15) is 19.2 Å². The smallest absolute Gasteiger partial charge is 0.344 e. The van der Waals surface area contributed by atoms with Crippen molar-refractivity contribution in [2.75, 3.05) is 20.6 Å². The number of nitrogens with zero attached hydrogens (tertiary/aromatic N) is 2. The summed E-state index contributed by atoms with van der Waals surface area (Å²) in [4.78, 5) is 53.0. The largest absolute Gasteiger partial charge is 0.352 e. The lowest BCUT2D eigenvalue weighted by molar-refractivity contribution is -0.196. The Labute approximate surface area is 133 Å². The van der Waals surface area contributed by atoms with Crippen LogP contribution in [-0.2, 0) is 24.0 Å². The summed E-state index contributed by atoms with van der Waals surface area (Å²) in [6.45, 7) is 0.801. The highest BCUT2D eigenvalue weighted by Crippen LogP contribution is 2.12. The van der Waals surface area contributed by atoms with Crippen molar-refractivity contribution in [3.05, 3.63) is 0 Å². The molecule has 1 heterocycles. The lowest BCUT2D eigenvalue weighted by atomic mass is 10.0. The van der Waals surface area contributed by atoms with Gasteiger partial charge < -0.3 is 10.2 Å². The minimum absolute atomic E-state index is 0.0995. The van der Waals surface area contributed by atoms with Crippen molar-refractivity contribution in [2.45, 2.75) is 39.2 Å². The van der Waals surface area contributed by atoms with Gasteiger partial charge in [-0.1, -0.05) is 13.8 Å². The number of rotatable bonds is 7. The Kier molecular flexibility index (Phi) is 4.90. The number of amides is 3. The topological polar surface area (TPSA) is 96.0 Å². The van der Waals surface area contributed by atoms with E-state index in [1.54, 1.807) is 0 Å². The van der Waals surface area contributed by atoms with Crippen molar-refractivity contribution in [3.8, 4) is 0 Å². The van der Waals surface area contributed by atoms with Crippen molar-refractivity contribution in [3.63, 3.8) is 0 Å². The van der Waals surface area contributed by atoms with E-state index in [0.29, 0.717) is 6.42 Å². The molecule has 1 atom stereocenters. The minimum Gasteiger partial charge on any atom is -0.344 e. The molecule has 0 aromatic heterocycles. The summed E-state index contributed by atoms with van der Waals surface area (Å²) in [5.41, 5.74) is 0. The summed E-state index contributed by atoms with van der Waals surface area (Å²) in [7, 11) is 1.35. The number of nitrogens with one attached hydrogen (secondary N) is 1. The third kappa shape index (κ3) is 5.10. The van der Waals surface area contributed by atoms with E-state index in [1.165, 1.54) is 11.9 Å². The first kappa shape index (κ1) is 13.7. The Morgan fingerprint density at radius 3 is 2.55 bits per heavy atom. The third-order valence-corrected chi connectivity index (χ3v) is 3.00. The SMILES string of the molecule is [2H]CN(C)C(CC(C)C)C(=[18O])NC([2H])([2H])C(=[18O])ON1C(=O)CCC1=O. The molecule has 1 unspecified atom stereocenters. The predicted octanol–water partition coefficient (Wildman–Crippen LogP) is -0.314. The van der Waals surface area contributed by atoms with Crippen molar-refractivity contribution >= 4 is 23.7 Å². The minimum atomic E-state index is -2.93. The van der Waals surface area contributed by atoms with Crippen LogP contribution >= 0.6 is 0 Å². The molecule has 124 valence electrons. The maximum absolute atomic E-state index is 12.3. The van der Waals surface area contributed by atoms with Crippen LogP contribution in [0.25, 0.3) is 0 Å². The molecule has 1 fully saturated rings. The zero-order chi connectivity index (χ0) is 19.4. The number of carbonyl (C=O) groups is 4. The van der Waals surface area contributed by atoms with Gasteiger partial charge in [-0.05, 0) is 26.4 Å². The van der Waals surface area contributed by atoms with E-state index < -0.39 is 36.2 Å². The second-order valence-corrected chi connectivity index (χ2v) is 5.48. The number of carbonyl (C=O) groups excluding carboxylic acids is 4. The molecule has 0 aliphatic carbocycles. The van der Waals surface area contributed by atoms with E-state index in [-0.39, 0.29) is 30.8 Å². The fraction of sp³-hybridized carbons (Fsp3) is 0.714. The maximum Gasteiger partial charge on any atom is 0.352 e. The first-order valence-corrected chi connectivity index (χ1v) is 6.89. The summed E-state index contributed by atoms with van der Waals surface area (Å²) in [5.74, 6) is -3.74. The van der Waals surface area contributed by atoms with Crippen LogP contribution in [-0.4, -0.2) is 60.3 Å². The average molecular weight is 320 g/mol. The van der Waals surface area contributed by atoms with Gasteiger partial charge in [0.15, 0.2) is 0 Å². The number of imide groups is 1. The van der Waals surface area contributed by atoms with Gasteiger partial charge in [-0.25, -0.2) is 4.79 Å². The van der Waals surface area contributed by atoms with Crippen LogP contribution in [0, 0.1) is 5.92 Å². The van der Waals surface area contributed by atoms with Gasteiger partial charge >= 0.3 is 5.97 Å². The van der Waals surface area contributed by atoms with Crippen molar-refractivity contribution in [1.29, 1.82) is 0 Å². The highest BCUT2D eigenvalue weighted by Gasteiger charge is 2.33. The van der Waals surface area contributed by atoms with Crippen molar-refractivity contribution < 1.29 is 28.1 Å². The second-order valence-electron chi connectivity index (χ2n) is 5.48. The van der Waals surface area contributed by atoms with E-state index in [2.05, 4.69) is 4.84 Å². The molecule has 1 aliphatic rings. The van der Waals surface area contributed by atoms with E-state index in [1.807, 2.05) is 19.2 Å². The Bertz CT molecular complexity index is 540. The lowest BCUT2D eigenvalue weighted by Crippen LogP contribution is -2.46. The normalized spacial score (nSPS) is 19.0. The van der Waals surface area contributed by atoms with Crippen LogP contribution in [0.4, 0.5) is 0 Å². The molecule has 1 aliphatic heterocycles. The first-order valence-electron chi connectivity index (χ1n) is 8.60. The average Bonchev–Trinajstić information content (AvgIpc) is 2.82. The summed E-state index contributed by atoms with van der Waals surface area (Å²) < 4.78 is 22.7. The van der Waals surface area contributed by atoms with E-state index in [0.717, 1.165) is 0 Å². The number of hydroxylamine groups is 2. The molecule has 0 bridgehead atoms. The van der Waals surface area contributed by atoms with Crippen molar-refractivity contribution in [2.24, 2.45) is 5.92 Å². The highest BCUT2D eigenvalue weighted by molar-refractivity contribution is 6.01. The van der Waals surface area contributed by atoms with E-state index in [4.69, 9.17) is 4.11 Å². The van der Waals surface area contributed by atoms with E-state index >= 15 is 0 Å². The molecule has 1 rings (SSSR count). The van der Waals surface area contributed by atoms with Gasteiger partial charge in [0.1, 0.15) is 6.50 Å². The standard InChI is InChI=1S/C14H23N3O5/c1-9(2)7-10(16(3)4)14(21)15-8-13(20)22-17-11(18)5-6-12(17)19/h9-10H,5-8H2,1-4H3,(H,15,21)/i3D,8D2,20+2,21+2. The van der Waals surface area contributed by atoms with Gasteiger partial charge in [0.05, 0.1) is 8.78 Å². The number of likely N-dealkylation sites (N-methyl/N-ethyl adjacent to an activating group) is 1. The first-order chi connectivity index (χ1) is 11.5. The molecular formula is C14H23N3O5. The molecule has 0 aromatic rings. The zero-order valence-electron chi connectivity index (χ0n) is 15.9. The summed E-state index contributed by atoms with van der Waals surface area (Å²) in [5, 5.41) is 2.14. The molecule has 0 spiro atoms. The fourth-order valence-corrected chi connectivity index (χ4v) is 1.89. The molecule has 0 radical (unpaired) electrons. The molecule has 3 amide bonds. The van der Waals surface area contributed by atoms with Crippen LogP contribution in [0.1, 0.15) is 37.2 Å². The molecular weight excluding hydrogens is 294 g/mol. The number of hydrogen-bond acceptors (Lipinski definition) is 6.